The Labute approximate surface area is 163 Å². The molecule has 27 heavy (non-hydrogen) atoms. The molecule has 1 aliphatic heterocycles. The predicted octanol–water partition coefficient (Wildman–Crippen LogP) is 2.14. The molecule has 1 aliphatic carbocycles. The lowest BCUT2D eigenvalue weighted by Crippen LogP contribution is -2.57. The van der Waals surface area contributed by atoms with Crippen LogP contribution in [0, 0.1) is 17.7 Å². The SMILES string of the molecule is C[C@]1(C2C=CC(Cl)C(Cc3ccc(O)c(F)c3)C2)CC(O)[C@H](O)C(CO)O1. The van der Waals surface area contributed by atoms with Crippen LogP contribution in [0.3, 0.4) is 0 Å². The van der Waals surface area contributed by atoms with Crippen LogP contribution in [-0.4, -0.2) is 56.3 Å². The summed E-state index contributed by atoms with van der Waals surface area (Å²) in [6, 6.07) is 4.32. The fraction of sp³-hybridized carbons (Fsp3) is 0.600. The molecule has 4 N–H and O–H groups in total. The molecule has 0 aromatic heterocycles. The quantitative estimate of drug-likeness (QED) is 0.459. The van der Waals surface area contributed by atoms with Crippen LogP contribution >= 0.6 is 11.6 Å². The molecule has 0 bridgehead atoms. The van der Waals surface area contributed by atoms with Crippen molar-refractivity contribution in [2.75, 3.05) is 6.61 Å². The van der Waals surface area contributed by atoms with Gasteiger partial charge in [-0.05, 0) is 43.4 Å². The van der Waals surface area contributed by atoms with Gasteiger partial charge in [-0.25, -0.2) is 4.39 Å². The lowest BCUT2D eigenvalue weighted by atomic mass is 9.71. The average molecular weight is 401 g/mol. The molecule has 5 unspecified atom stereocenters. The first-order valence-electron chi connectivity index (χ1n) is 9.18. The van der Waals surface area contributed by atoms with Crippen molar-refractivity contribution in [3.8, 4) is 5.75 Å². The van der Waals surface area contributed by atoms with Crippen molar-refractivity contribution in [1.82, 2.24) is 0 Å². The predicted molar refractivity (Wildman–Crippen MR) is 99.1 cm³/mol. The first-order valence-corrected chi connectivity index (χ1v) is 9.61. The molecule has 5 nitrogen and oxygen atoms in total. The number of aliphatic hydroxyl groups excluding tert-OH is 3. The highest BCUT2D eigenvalue weighted by molar-refractivity contribution is 6.22. The molecule has 1 aromatic carbocycles. The topological polar surface area (TPSA) is 90.2 Å². The molecule has 0 radical (unpaired) electrons. The second-order valence-electron chi connectivity index (χ2n) is 7.84. The minimum atomic E-state index is -1.12. The van der Waals surface area contributed by atoms with Crippen LogP contribution in [0.4, 0.5) is 4.39 Å². The summed E-state index contributed by atoms with van der Waals surface area (Å²) in [6.45, 7) is 1.49. The number of rotatable bonds is 4. The van der Waals surface area contributed by atoms with Gasteiger partial charge in [-0.15, -0.1) is 11.6 Å². The molecule has 150 valence electrons. The molecule has 7 heteroatoms. The van der Waals surface area contributed by atoms with Crippen molar-refractivity contribution in [1.29, 1.82) is 0 Å². The van der Waals surface area contributed by atoms with Crippen LogP contribution < -0.4 is 0 Å². The lowest BCUT2D eigenvalue weighted by Gasteiger charge is -2.48. The number of aromatic hydroxyl groups is 1. The highest BCUT2D eigenvalue weighted by atomic mass is 35.5. The van der Waals surface area contributed by atoms with Crippen molar-refractivity contribution < 1.29 is 29.6 Å². The van der Waals surface area contributed by atoms with Crippen LogP contribution in [0.15, 0.2) is 30.4 Å². The zero-order valence-electron chi connectivity index (χ0n) is 15.1. The van der Waals surface area contributed by atoms with Gasteiger partial charge in [-0.3, -0.25) is 0 Å². The summed E-state index contributed by atoms with van der Waals surface area (Å²) in [5, 5.41) is 38.8. The molecular weight excluding hydrogens is 375 g/mol. The van der Waals surface area contributed by atoms with E-state index in [1.54, 1.807) is 6.07 Å². The second kappa shape index (κ2) is 8.05. The van der Waals surface area contributed by atoms with E-state index in [0.717, 1.165) is 5.56 Å². The third-order valence-electron chi connectivity index (χ3n) is 5.82. The Morgan fingerprint density at radius 2 is 2.04 bits per heavy atom. The molecule has 0 amide bonds. The summed E-state index contributed by atoms with van der Waals surface area (Å²) in [4.78, 5) is 0. The summed E-state index contributed by atoms with van der Waals surface area (Å²) in [7, 11) is 0. The monoisotopic (exact) mass is 400 g/mol. The molecule has 0 saturated carbocycles. The Kier molecular flexibility index (Phi) is 6.13. The van der Waals surface area contributed by atoms with Crippen molar-refractivity contribution in [3.63, 3.8) is 0 Å². The van der Waals surface area contributed by atoms with Gasteiger partial charge in [-0.1, -0.05) is 18.2 Å². The number of aliphatic hydroxyl groups is 3. The van der Waals surface area contributed by atoms with Gasteiger partial charge < -0.3 is 25.2 Å². The largest absolute Gasteiger partial charge is 0.505 e. The zero-order chi connectivity index (χ0) is 19.8. The number of ether oxygens (including phenoxy) is 1. The van der Waals surface area contributed by atoms with Gasteiger partial charge in [0.25, 0.3) is 0 Å². The van der Waals surface area contributed by atoms with E-state index < -0.39 is 29.7 Å². The van der Waals surface area contributed by atoms with E-state index in [1.807, 2.05) is 19.1 Å². The Morgan fingerprint density at radius 3 is 2.70 bits per heavy atom. The molecule has 2 aliphatic rings. The molecule has 1 heterocycles. The maximum atomic E-state index is 13.6. The molecule has 1 aromatic rings. The Morgan fingerprint density at radius 1 is 1.30 bits per heavy atom. The maximum absolute atomic E-state index is 13.6. The third-order valence-corrected chi connectivity index (χ3v) is 6.32. The number of phenols is 1. The van der Waals surface area contributed by atoms with Crippen LogP contribution in [0.1, 0.15) is 25.3 Å². The first-order chi connectivity index (χ1) is 12.7. The number of allylic oxidation sites excluding steroid dienone is 1. The minimum absolute atomic E-state index is 0.0163. The van der Waals surface area contributed by atoms with Crippen molar-refractivity contribution in [2.45, 2.75) is 55.5 Å². The van der Waals surface area contributed by atoms with Gasteiger partial charge in [-0.2, -0.15) is 0 Å². The Hall–Kier alpha value is -1.18. The lowest BCUT2D eigenvalue weighted by molar-refractivity contribution is -0.231. The summed E-state index contributed by atoms with van der Waals surface area (Å²) in [6.07, 6.45) is 2.35. The number of halogens is 2. The van der Waals surface area contributed by atoms with Crippen LogP contribution in [0.5, 0.6) is 5.75 Å². The number of hydrogen-bond donors (Lipinski definition) is 4. The van der Waals surface area contributed by atoms with Crippen LogP contribution in [0.25, 0.3) is 0 Å². The van der Waals surface area contributed by atoms with Gasteiger partial charge >= 0.3 is 0 Å². The van der Waals surface area contributed by atoms with Crippen LogP contribution in [-0.2, 0) is 11.2 Å². The summed E-state index contributed by atoms with van der Waals surface area (Å²) in [5.41, 5.74) is -0.00806. The number of phenolic OH excluding ortho intramolecular Hbond substituents is 1. The smallest absolute Gasteiger partial charge is 0.165 e. The van der Waals surface area contributed by atoms with Crippen molar-refractivity contribution in [2.24, 2.45) is 11.8 Å². The van der Waals surface area contributed by atoms with Gasteiger partial charge in [0.05, 0.1) is 23.7 Å². The van der Waals surface area contributed by atoms with Gasteiger partial charge in [0.1, 0.15) is 12.2 Å². The van der Waals surface area contributed by atoms with E-state index in [1.165, 1.54) is 12.1 Å². The molecular formula is C20H26ClFO5. The number of hydrogen-bond acceptors (Lipinski definition) is 5. The molecule has 0 spiro atoms. The van der Waals surface area contributed by atoms with E-state index in [0.29, 0.717) is 12.8 Å². The summed E-state index contributed by atoms with van der Waals surface area (Å²) in [5.74, 6) is -1.10. The fourth-order valence-electron chi connectivity index (χ4n) is 4.19. The highest BCUT2D eigenvalue weighted by Gasteiger charge is 2.48. The van der Waals surface area contributed by atoms with Crippen LogP contribution in [0.2, 0.25) is 0 Å². The van der Waals surface area contributed by atoms with E-state index in [2.05, 4.69) is 0 Å². The Bertz CT molecular complexity index is 699. The van der Waals surface area contributed by atoms with Gasteiger partial charge in [0.15, 0.2) is 11.6 Å². The van der Waals surface area contributed by atoms with E-state index in [9.17, 15) is 24.8 Å². The van der Waals surface area contributed by atoms with E-state index in [-0.39, 0.29) is 36.0 Å². The third kappa shape index (κ3) is 4.30. The summed E-state index contributed by atoms with van der Waals surface area (Å²) >= 11 is 6.46. The number of alkyl halides is 1. The second-order valence-corrected chi connectivity index (χ2v) is 8.34. The average Bonchev–Trinajstić information content (AvgIpc) is 2.63. The van der Waals surface area contributed by atoms with Gasteiger partial charge in [0.2, 0.25) is 0 Å². The highest BCUT2D eigenvalue weighted by Crippen LogP contribution is 2.42. The number of benzene rings is 1. The molecule has 3 rings (SSSR count). The minimum Gasteiger partial charge on any atom is -0.505 e. The van der Waals surface area contributed by atoms with E-state index in [4.69, 9.17) is 16.3 Å². The summed E-state index contributed by atoms with van der Waals surface area (Å²) < 4.78 is 19.6. The fourth-order valence-corrected chi connectivity index (χ4v) is 4.47. The van der Waals surface area contributed by atoms with Gasteiger partial charge in [0, 0.05) is 12.3 Å². The molecule has 1 fully saturated rings. The molecule has 7 atom stereocenters. The first kappa shape index (κ1) is 20.6. The van der Waals surface area contributed by atoms with E-state index >= 15 is 0 Å². The normalized spacial score (nSPS) is 39.5. The van der Waals surface area contributed by atoms with Crippen molar-refractivity contribution >= 4 is 11.6 Å². The zero-order valence-corrected chi connectivity index (χ0v) is 15.9. The standard InChI is InChI=1S/C20H26ClFO5/c1-20(9-17(25)19(26)18(10-23)27-20)13-3-4-14(21)12(8-13)6-11-2-5-16(24)15(22)7-11/h2-5,7,12-14,17-19,23-26H,6,8-10H2,1H3/t12?,13?,14?,17?,18?,19-,20+/m0/s1. The maximum Gasteiger partial charge on any atom is 0.165 e. The Balaban J connectivity index is 1.76. The van der Waals surface area contributed by atoms with Crippen molar-refractivity contribution in [3.05, 3.63) is 41.7 Å². The molecule has 1 saturated heterocycles.